The summed E-state index contributed by atoms with van der Waals surface area (Å²) in [4.78, 5) is 24.1. The lowest BCUT2D eigenvalue weighted by atomic mass is 10.0. The average molecular weight is 310 g/mol. The summed E-state index contributed by atoms with van der Waals surface area (Å²) >= 11 is 0. The number of carbonyl (C=O) groups excluding carboxylic acids is 2. The smallest absolute Gasteiger partial charge is 0.313 e. The van der Waals surface area contributed by atoms with Crippen LogP contribution in [0.1, 0.15) is 30.5 Å². The molecule has 4 heteroatoms. The first kappa shape index (κ1) is 16.7. The Bertz CT molecular complexity index is 659. The van der Waals surface area contributed by atoms with Gasteiger partial charge in [-0.25, -0.2) is 0 Å². The number of amides is 2. The lowest BCUT2D eigenvalue weighted by molar-refractivity contribution is -0.136. The normalized spacial score (nSPS) is 10.2. The van der Waals surface area contributed by atoms with Crippen LogP contribution in [-0.2, 0) is 29.0 Å². The molecule has 0 aliphatic rings. The minimum Gasteiger partial charge on any atom is -0.344 e. The minimum absolute atomic E-state index is 0.336. The van der Waals surface area contributed by atoms with Gasteiger partial charge in [0.2, 0.25) is 0 Å². The average Bonchev–Trinajstić information content (AvgIpc) is 2.60. The van der Waals surface area contributed by atoms with Crippen LogP contribution in [0.25, 0.3) is 0 Å². The lowest BCUT2D eigenvalue weighted by Crippen LogP contribution is -2.35. The molecule has 0 aliphatic heterocycles. The van der Waals surface area contributed by atoms with Gasteiger partial charge in [-0.3, -0.25) is 9.59 Å². The lowest BCUT2D eigenvalue weighted by Gasteiger charge is -2.14. The molecule has 23 heavy (non-hydrogen) atoms. The molecule has 120 valence electrons. The van der Waals surface area contributed by atoms with E-state index in [9.17, 15) is 9.59 Å². The number of nitrogens with one attached hydrogen (secondary N) is 2. The number of benzene rings is 2. The van der Waals surface area contributed by atoms with Gasteiger partial charge in [-0.2, -0.15) is 0 Å². The molecule has 0 heterocycles. The maximum atomic E-state index is 12.1. The first-order valence-electron chi connectivity index (χ1n) is 7.89. The quantitative estimate of drug-likeness (QED) is 0.834. The molecule has 0 saturated carbocycles. The van der Waals surface area contributed by atoms with Crippen molar-refractivity contribution in [3.63, 3.8) is 0 Å². The van der Waals surface area contributed by atoms with Gasteiger partial charge >= 0.3 is 11.8 Å². The van der Waals surface area contributed by atoms with Gasteiger partial charge in [0.15, 0.2) is 0 Å². The highest BCUT2D eigenvalue weighted by molar-refractivity contribution is 6.39. The van der Waals surface area contributed by atoms with Gasteiger partial charge in [-0.15, -0.1) is 0 Å². The Labute approximate surface area is 136 Å². The Morgan fingerprint density at radius 1 is 0.826 bits per heavy atom. The second kappa shape index (κ2) is 8.13. The molecule has 0 unspecified atom stereocenters. The van der Waals surface area contributed by atoms with Crippen molar-refractivity contribution in [2.45, 2.75) is 33.2 Å². The first-order chi connectivity index (χ1) is 11.2. The zero-order valence-electron chi connectivity index (χ0n) is 13.6. The topological polar surface area (TPSA) is 58.2 Å². The van der Waals surface area contributed by atoms with Crippen LogP contribution in [0.4, 0.5) is 5.69 Å². The Morgan fingerprint density at radius 2 is 1.43 bits per heavy atom. The van der Waals surface area contributed by atoms with E-state index in [4.69, 9.17) is 0 Å². The van der Waals surface area contributed by atoms with Gasteiger partial charge in [0.25, 0.3) is 0 Å². The predicted octanol–water partition coefficient (Wildman–Crippen LogP) is 3.07. The molecule has 0 bridgehead atoms. The fourth-order valence-electron chi connectivity index (χ4n) is 2.43. The van der Waals surface area contributed by atoms with Crippen molar-refractivity contribution in [3.05, 3.63) is 65.2 Å². The molecule has 2 aromatic carbocycles. The Balaban J connectivity index is 2.02. The molecule has 2 amide bonds. The van der Waals surface area contributed by atoms with Crippen LogP contribution >= 0.6 is 0 Å². The van der Waals surface area contributed by atoms with Gasteiger partial charge in [0, 0.05) is 12.2 Å². The van der Waals surface area contributed by atoms with Crippen molar-refractivity contribution >= 4 is 17.5 Å². The molecule has 2 aromatic rings. The number of carbonyl (C=O) groups is 2. The highest BCUT2D eigenvalue weighted by atomic mass is 16.2. The van der Waals surface area contributed by atoms with Gasteiger partial charge in [0.1, 0.15) is 0 Å². The fraction of sp³-hybridized carbons (Fsp3) is 0.263. The molecule has 2 rings (SSSR count). The largest absolute Gasteiger partial charge is 0.344 e. The van der Waals surface area contributed by atoms with E-state index in [1.807, 2.05) is 62.4 Å². The molecule has 0 aliphatic carbocycles. The molecule has 0 saturated heterocycles. The van der Waals surface area contributed by atoms with Gasteiger partial charge in [0.05, 0.1) is 0 Å². The zero-order valence-corrected chi connectivity index (χ0v) is 13.6. The number of anilines is 1. The summed E-state index contributed by atoms with van der Waals surface area (Å²) in [6.45, 7) is 4.39. The summed E-state index contributed by atoms with van der Waals surface area (Å²) in [6.07, 6.45) is 1.60. The molecular formula is C19H22N2O2. The molecule has 2 N–H and O–H groups in total. The number of para-hydroxylation sites is 1. The number of hydrogen-bond acceptors (Lipinski definition) is 2. The third kappa shape index (κ3) is 4.42. The van der Waals surface area contributed by atoms with Crippen LogP contribution in [0, 0.1) is 0 Å². The van der Waals surface area contributed by atoms with Crippen molar-refractivity contribution in [3.8, 4) is 0 Å². The summed E-state index contributed by atoms with van der Waals surface area (Å²) in [5, 5.41) is 5.41. The van der Waals surface area contributed by atoms with E-state index < -0.39 is 11.8 Å². The van der Waals surface area contributed by atoms with Crippen molar-refractivity contribution in [2.75, 3.05) is 5.32 Å². The third-order valence-electron chi connectivity index (χ3n) is 3.74. The van der Waals surface area contributed by atoms with Crippen molar-refractivity contribution in [1.82, 2.24) is 5.32 Å². The van der Waals surface area contributed by atoms with E-state index in [1.165, 1.54) is 0 Å². The van der Waals surface area contributed by atoms with Crippen LogP contribution in [0.5, 0.6) is 0 Å². The maximum Gasteiger partial charge on any atom is 0.313 e. The Hall–Kier alpha value is -2.62. The predicted molar refractivity (Wildman–Crippen MR) is 92.1 cm³/mol. The van der Waals surface area contributed by atoms with E-state index in [-0.39, 0.29) is 0 Å². The summed E-state index contributed by atoms with van der Waals surface area (Å²) < 4.78 is 0. The maximum absolute atomic E-state index is 12.1. The van der Waals surface area contributed by atoms with Crippen molar-refractivity contribution < 1.29 is 9.59 Å². The molecule has 0 atom stereocenters. The minimum atomic E-state index is -0.628. The number of hydrogen-bond donors (Lipinski definition) is 2. The van der Waals surface area contributed by atoms with Crippen LogP contribution in [-0.4, -0.2) is 11.8 Å². The molecule has 0 radical (unpaired) electrons. The standard InChI is InChI=1S/C19H22N2O2/c1-3-15-11-8-12-16(4-2)17(15)21-19(23)18(22)20-13-14-9-6-5-7-10-14/h5-12H,3-4,13H2,1-2H3,(H,20,22)(H,21,23). The van der Waals surface area contributed by atoms with E-state index in [0.29, 0.717) is 6.54 Å². The molecule has 0 fully saturated rings. The first-order valence-corrected chi connectivity index (χ1v) is 7.89. The third-order valence-corrected chi connectivity index (χ3v) is 3.74. The van der Waals surface area contributed by atoms with Gasteiger partial charge in [-0.1, -0.05) is 62.4 Å². The number of aryl methyl sites for hydroxylation is 2. The SMILES string of the molecule is CCc1cccc(CC)c1NC(=O)C(=O)NCc1ccccc1. The van der Waals surface area contributed by atoms with Gasteiger partial charge in [-0.05, 0) is 29.5 Å². The van der Waals surface area contributed by atoms with Crippen LogP contribution < -0.4 is 10.6 Å². The van der Waals surface area contributed by atoms with Crippen LogP contribution in [0.3, 0.4) is 0 Å². The van der Waals surface area contributed by atoms with Crippen molar-refractivity contribution in [2.24, 2.45) is 0 Å². The van der Waals surface area contributed by atoms with E-state index in [2.05, 4.69) is 10.6 Å². The van der Waals surface area contributed by atoms with E-state index >= 15 is 0 Å². The molecule has 0 aromatic heterocycles. The second-order valence-corrected chi connectivity index (χ2v) is 5.28. The molecular weight excluding hydrogens is 288 g/mol. The highest BCUT2D eigenvalue weighted by Crippen LogP contribution is 2.22. The second-order valence-electron chi connectivity index (χ2n) is 5.28. The molecule has 0 spiro atoms. The Kier molecular flexibility index (Phi) is 5.92. The van der Waals surface area contributed by atoms with Crippen LogP contribution in [0.15, 0.2) is 48.5 Å². The zero-order chi connectivity index (χ0) is 16.7. The van der Waals surface area contributed by atoms with E-state index in [1.54, 1.807) is 0 Å². The van der Waals surface area contributed by atoms with Crippen LogP contribution in [0.2, 0.25) is 0 Å². The summed E-state index contributed by atoms with van der Waals surface area (Å²) in [5.41, 5.74) is 3.79. The molecule has 4 nitrogen and oxygen atoms in total. The number of rotatable bonds is 5. The Morgan fingerprint density at radius 3 is 2.00 bits per heavy atom. The van der Waals surface area contributed by atoms with Crippen molar-refractivity contribution in [1.29, 1.82) is 0 Å². The highest BCUT2D eigenvalue weighted by Gasteiger charge is 2.16. The summed E-state index contributed by atoms with van der Waals surface area (Å²) in [5.74, 6) is -1.25. The monoisotopic (exact) mass is 310 g/mol. The summed E-state index contributed by atoms with van der Waals surface area (Å²) in [6, 6.07) is 15.4. The fourth-order valence-corrected chi connectivity index (χ4v) is 2.43. The van der Waals surface area contributed by atoms with Gasteiger partial charge < -0.3 is 10.6 Å². The van der Waals surface area contributed by atoms with E-state index in [0.717, 1.165) is 35.2 Å². The summed E-state index contributed by atoms with van der Waals surface area (Å²) in [7, 11) is 0.